The highest BCUT2D eigenvalue weighted by Gasteiger charge is 2.33. The first-order chi connectivity index (χ1) is 7.40. The monoisotopic (exact) mass is 274 g/mol. The van der Waals surface area contributed by atoms with Crippen LogP contribution in [0.3, 0.4) is 0 Å². The minimum absolute atomic E-state index is 0. The normalized spacial score (nSPS) is 30.0. The van der Waals surface area contributed by atoms with Gasteiger partial charge in [0.1, 0.15) is 0 Å². The van der Waals surface area contributed by atoms with Gasteiger partial charge in [-0.15, -0.1) is 24.8 Å². The molecule has 1 aromatic carbocycles. The van der Waals surface area contributed by atoms with Gasteiger partial charge in [-0.3, -0.25) is 0 Å². The molecule has 2 aliphatic heterocycles. The summed E-state index contributed by atoms with van der Waals surface area (Å²) in [5.74, 6) is 0. The van der Waals surface area contributed by atoms with Crippen LogP contribution in [0.5, 0.6) is 0 Å². The number of nitrogens with one attached hydrogen (secondary N) is 2. The van der Waals surface area contributed by atoms with E-state index in [1.54, 1.807) is 0 Å². The van der Waals surface area contributed by atoms with Crippen LogP contribution in [0.1, 0.15) is 25.7 Å². The number of para-hydroxylation sites is 1. The van der Waals surface area contributed by atoms with Crippen molar-refractivity contribution in [2.45, 2.75) is 43.8 Å². The predicted octanol–water partition coefficient (Wildman–Crippen LogP) is 3.23. The van der Waals surface area contributed by atoms with E-state index in [4.69, 9.17) is 0 Å². The summed E-state index contributed by atoms with van der Waals surface area (Å²) in [5, 5.41) is 7.31. The molecule has 2 nitrogen and oxygen atoms in total. The predicted molar refractivity (Wildman–Crippen MR) is 77.5 cm³/mol. The molecule has 2 heterocycles. The lowest BCUT2D eigenvalue weighted by Crippen LogP contribution is -2.43. The van der Waals surface area contributed by atoms with E-state index in [-0.39, 0.29) is 24.8 Å². The standard InChI is InChI=1S/C13H18N2.2ClH/c1-2-4-10(5-3-1)14-13-8-11-6-7-12(9-13)15-11;;/h1-5,11-15H,6-9H2;2*1H. The van der Waals surface area contributed by atoms with Crippen LogP contribution in [0.4, 0.5) is 5.69 Å². The third-order valence-electron chi connectivity index (χ3n) is 3.62. The van der Waals surface area contributed by atoms with Gasteiger partial charge in [0, 0.05) is 23.8 Å². The molecule has 2 bridgehead atoms. The fourth-order valence-electron chi connectivity index (χ4n) is 2.95. The van der Waals surface area contributed by atoms with Crippen molar-refractivity contribution < 1.29 is 0 Å². The molecule has 0 saturated carbocycles. The van der Waals surface area contributed by atoms with Gasteiger partial charge in [0.05, 0.1) is 0 Å². The van der Waals surface area contributed by atoms with Gasteiger partial charge in [-0.2, -0.15) is 0 Å². The summed E-state index contributed by atoms with van der Waals surface area (Å²) in [4.78, 5) is 0. The quantitative estimate of drug-likeness (QED) is 0.866. The molecule has 2 atom stereocenters. The molecular weight excluding hydrogens is 255 g/mol. The van der Waals surface area contributed by atoms with Gasteiger partial charge in [-0.05, 0) is 37.8 Å². The second-order valence-electron chi connectivity index (χ2n) is 4.82. The van der Waals surface area contributed by atoms with Crippen molar-refractivity contribution in [2.24, 2.45) is 0 Å². The summed E-state index contributed by atoms with van der Waals surface area (Å²) in [6.45, 7) is 0. The van der Waals surface area contributed by atoms with Crippen molar-refractivity contribution in [1.29, 1.82) is 0 Å². The number of hydrogen-bond acceptors (Lipinski definition) is 2. The Morgan fingerprint density at radius 2 is 1.53 bits per heavy atom. The van der Waals surface area contributed by atoms with Gasteiger partial charge in [-0.1, -0.05) is 18.2 Å². The van der Waals surface area contributed by atoms with E-state index < -0.39 is 0 Å². The third kappa shape index (κ3) is 3.51. The van der Waals surface area contributed by atoms with Crippen LogP contribution in [0.25, 0.3) is 0 Å². The average Bonchev–Trinajstić information content (AvgIpc) is 2.60. The van der Waals surface area contributed by atoms with Gasteiger partial charge in [0.15, 0.2) is 0 Å². The number of rotatable bonds is 2. The van der Waals surface area contributed by atoms with Crippen LogP contribution in [-0.2, 0) is 0 Å². The van der Waals surface area contributed by atoms with Crippen molar-refractivity contribution in [3.8, 4) is 0 Å². The Bertz CT molecular complexity index is 319. The zero-order valence-electron chi connectivity index (χ0n) is 9.76. The number of piperidine rings is 1. The summed E-state index contributed by atoms with van der Waals surface area (Å²) in [5.41, 5.74) is 1.27. The van der Waals surface area contributed by atoms with Gasteiger partial charge >= 0.3 is 0 Å². The molecule has 2 saturated heterocycles. The molecule has 3 rings (SSSR count). The molecule has 0 aliphatic carbocycles. The second-order valence-corrected chi connectivity index (χ2v) is 4.82. The van der Waals surface area contributed by atoms with Crippen molar-refractivity contribution in [2.75, 3.05) is 5.32 Å². The highest BCUT2D eigenvalue weighted by molar-refractivity contribution is 5.85. The third-order valence-corrected chi connectivity index (χ3v) is 3.62. The van der Waals surface area contributed by atoms with E-state index in [1.807, 2.05) is 0 Å². The summed E-state index contributed by atoms with van der Waals surface area (Å²) < 4.78 is 0. The van der Waals surface area contributed by atoms with Crippen LogP contribution in [0.15, 0.2) is 30.3 Å². The van der Waals surface area contributed by atoms with Crippen molar-refractivity contribution in [3.05, 3.63) is 30.3 Å². The first-order valence-corrected chi connectivity index (χ1v) is 5.98. The lowest BCUT2D eigenvalue weighted by Gasteiger charge is -2.30. The minimum atomic E-state index is 0. The number of hydrogen-bond donors (Lipinski definition) is 2. The molecule has 2 N–H and O–H groups in total. The summed E-state index contributed by atoms with van der Waals surface area (Å²) in [6.07, 6.45) is 5.31. The van der Waals surface area contributed by atoms with Gasteiger partial charge in [0.2, 0.25) is 0 Å². The largest absolute Gasteiger partial charge is 0.382 e. The van der Waals surface area contributed by atoms with E-state index >= 15 is 0 Å². The SMILES string of the molecule is Cl.Cl.c1ccc(NC2CC3CCC(C2)N3)cc1. The van der Waals surface area contributed by atoms with E-state index in [2.05, 4.69) is 41.0 Å². The van der Waals surface area contributed by atoms with Gasteiger partial charge < -0.3 is 10.6 Å². The second kappa shape index (κ2) is 6.48. The molecule has 0 radical (unpaired) electrons. The summed E-state index contributed by atoms with van der Waals surface area (Å²) in [6, 6.07) is 12.8. The Balaban J connectivity index is 0.000000722. The molecule has 0 aromatic heterocycles. The maximum absolute atomic E-state index is 3.67. The smallest absolute Gasteiger partial charge is 0.0342 e. The first kappa shape index (κ1) is 14.6. The molecule has 17 heavy (non-hydrogen) atoms. The molecular formula is C13H20Cl2N2. The Morgan fingerprint density at radius 1 is 0.941 bits per heavy atom. The van der Waals surface area contributed by atoms with Crippen molar-refractivity contribution in [3.63, 3.8) is 0 Å². The zero-order valence-corrected chi connectivity index (χ0v) is 11.4. The highest BCUT2D eigenvalue weighted by atomic mass is 35.5. The van der Waals surface area contributed by atoms with Crippen LogP contribution in [0, 0.1) is 0 Å². The average molecular weight is 275 g/mol. The zero-order chi connectivity index (χ0) is 10.1. The number of anilines is 1. The highest BCUT2D eigenvalue weighted by Crippen LogP contribution is 2.28. The number of halogens is 2. The molecule has 2 aliphatic rings. The van der Waals surface area contributed by atoms with Crippen molar-refractivity contribution in [1.82, 2.24) is 5.32 Å². The first-order valence-electron chi connectivity index (χ1n) is 5.98. The topological polar surface area (TPSA) is 24.1 Å². The summed E-state index contributed by atoms with van der Waals surface area (Å²) >= 11 is 0. The van der Waals surface area contributed by atoms with Crippen LogP contribution >= 0.6 is 24.8 Å². The number of benzene rings is 1. The van der Waals surface area contributed by atoms with Crippen LogP contribution < -0.4 is 10.6 Å². The Hall–Kier alpha value is -0.440. The number of fused-ring (bicyclic) bond motifs is 2. The molecule has 4 heteroatoms. The molecule has 2 unspecified atom stereocenters. The lowest BCUT2D eigenvalue weighted by molar-refractivity contribution is 0.378. The van der Waals surface area contributed by atoms with E-state index in [9.17, 15) is 0 Å². The Morgan fingerprint density at radius 3 is 2.12 bits per heavy atom. The van der Waals surface area contributed by atoms with E-state index in [0.717, 1.165) is 12.1 Å². The molecule has 0 spiro atoms. The maximum atomic E-state index is 3.67. The minimum Gasteiger partial charge on any atom is -0.382 e. The van der Waals surface area contributed by atoms with Gasteiger partial charge in [0.25, 0.3) is 0 Å². The fourth-order valence-corrected chi connectivity index (χ4v) is 2.95. The van der Waals surface area contributed by atoms with E-state index in [0.29, 0.717) is 6.04 Å². The Labute approximate surface area is 115 Å². The molecule has 0 amide bonds. The van der Waals surface area contributed by atoms with E-state index in [1.165, 1.54) is 31.4 Å². The van der Waals surface area contributed by atoms with Gasteiger partial charge in [-0.25, -0.2) is 0 Å². The lowest BCUT2D eigenvalue weighted by atomic mass is 9.99. The Kier molecular flexibility index (Phi) is 5.57. The van der Waals surface area contributed by atoms with Crippen molar-refractivity contribution >= 4 is 30.5 Å². The maximum Gasteiger partial charge on any atom is 0.0342 e. The molecule has 96 valence electrons. The molecule has 2 fully saturated rings. The summed E-state index contributed by atoms with van der Waals surface area (Å²) in [7, 11) is 0. The molecule has 1 aromatic rings. The van der Waals surface area contributed by atoms with Crippen LogP contribution in [0.2, 0.25) is 0 Å². The fraction of sp³-hybridized carbons (Fsp3) is 0.538. The van der Waals surface area contributed by atoms with Crippen LogP contribution in [-0.4, -0.2) is 18.1 Å².